The van der Waals surface area contributed by atoms with Gasteiger partial charge in [0.15, 0.2) is 5.11 Å². The summed E-state index contributed by atoms with van der Waals surface area (Å²) in [7, 11) is 0. The van der Waals surface area contributed by atoms with Crippen LogP contribution >= 0.6 is 55.7 Å². The van der Waals surface area contributed by atoms with E-state index in [1.54, 1.807) is 18.2 Å². The summed E-state index contributed by atoms with van der Waals surface area (Å²) in [6.07, 6.45) is 0. The average molecular weight is 537 g/mol. The maximum Gasteiger partial charge on any atom is 0.337 e. The monoisotopic (exact) mass is 534 g/mol. The molecule has 0 unspecified atom stereocenters. The second kappa shape index (κ2) is 9.50. The number of carbonyl (C=O) groups excluding carboxylic acids is 1. The summed E-state index contributed by atoms with van der Waals surface area (Å²) in [5.74, 6) is -1.17. The minimum Gasteiger partial charge on any atom is -0.492 e. The molecule has 0 heterocycles. The highest BCUT2D eigenvalue weighted by molar-refractivity contribution is 9.11. The largest absolute Gasteiger partial charge is 0.492 e. The van der Waals surface area contributed by atoms with Gasteiger partial charge in [-0.15, -0.1) is 0 Å². The molecule has 1 amide bonds. The van der Waals surface area contributed by atoms with Gasteiger partial charge in [0, 0.05) is 14.5 Å². The molecular weight excluding hydrogens is 524 g/mol. The number of carbonyl (C=O) groups is 2. The van der Waals surface area contributed by atoms with E-state index in [2.05, 4.69) is 42.5 Å². The van der Waals surface area contributed by atoms with E-state index in [0.29, 0.717) is 26.3 Å². The van der Waals surface area contributed by atoms with Crippen LogP contribution in [-0.2, 0) is 0 Å². The number of thiocarbonyl (C=S) groups is 1. The molecular formula is C17H13Br2ClN2O4S. The van der Waals surface area contributed by atoms with Gasteiger partial charge in [-0.3, -0.25) is 10.1 Å². The number of hydrogen-bond donors (Lipinski definition) is 3. The zero-order valence-electron chi connectivity index (χ0n) is 13.8. The zero-order chi connectivity index (χ0) is 20.1. The van der Waals surface area contributed by atoms with Crippen molar-refractivity contribution in [2.24, 2.45) is 0 Å². The molecule has 3 N–H and O–H groups in total. The molecule has 10 heteroatoms. The Bertz CT molecular complexity index is 924. The number of benzene rings is 2. The molecule has 2 aromatic carbocycles. The lowest BCUT2D eigenvalue weighted by Crippen LogP contribution is -2.34. The summed E-state index contributed by atoms with van der Waals surface area (Å²) in [6, 6.07) is 7.68. The van der Waals surface area contributed by atoms with Crippen molar-refractivity contribution in [3.63, 3.8) is 0 Å². The molecule has 0 spiro atoms. The number of ether oxygens (including phenoxy) is 1. The summed E-state index contributed by atoms with van der Waals surface area (Å²) >= 11 is 17.7. The first-order chi connectivity index (χ1) is 12.7. The van der Waals surface area contributed by atoms with E-state index in [1.165, 1.54) is 12.1 Å². The van der Waals surface area contributed by atoms with Gasteiger partial charge in [-0.05, 0) is 65.4 Å². The number of halogens is 3. The molecule has 0 saturated heterocycles. The SMILES string of the molecule is CCOc1ccc(C(=O)NC(=S)Nc2c(Br)cc(Br)cc2C(=O)O)cc1Cl. The molecule has 0 aromatic heterocycles. The van der Waals surface area contributed by atoms with Crippen LogP contribution in [0.1, 0.15) is 27.6 Å². The van der Waals surface area contributed by atoms with Gasteiger partial charge in [0.1, 0.15) is 5.75 Å². The van der Waals surface area contributed by atoms with Crippen LogP contribution in [0.3, 0.4) is 0 Å². The van der Waals surface area contributed by atoms with Gasteiger partial charge in [0.05, 0.1) is 22.9 Å². The number of hydrogen-bond acceptors (Lipinski definition) is 4. The molecule has 6 nitrogen and oxygen atoms in total. The standard InChI is InChI=1S/C17H13Br2ClN2O4S/c1-2-26-13-4-3-8(5-12(13)20)15(23)22-17(27)21-14-10(16(24)25)6-9(18)7-11(14)19/h3-7H,2H2,1H3,(H,24,25)(H2,21,22,23,27). The Morgan fingerprint density at radius 2 is 1.96 bits per heavy atom. The Morgan fingerprint density at radius 1 is 1.26 bits per heavy atom. The second-order valence-corrected chi connectivity index (χ2v) is 7.69. The van der Waals surface area contributed by atoms with Crippen molar-refractivity contribution in [1.82, 2.24) is 5.32 Å². The first-order valence-corrected chi connectivity index (χ1v) is 9.87. The Hall–Kier alpha value is -1.68. The van der Waals surface area contributed by atoms with E-state index >= 15 is 0 Å². The summed E-state index contributed by atoms with van der Waals surface area (Å²) in [5, 5.41) is 14.8. The first kappa shape index (κ1) is 21.6. The fourth-order valence-corrected chi connectivity index (χ4v) is 3.86. The molecule has 0 radical (unpaired) electrons. The van der Waals surface area contributed by atoms with E-state index in [9.17, 15) is 14.7 Å². The third-order valence-corrected chi connectivity index (χ3v) is 4.83. The predicted molar refractivity (Wildman–Crippen MR) is 115 cm³/mol. The van der Waals surface area contributed by atoms with Crippen LogP contribution in [0.5, 0.6) is 5.75 Å². The fraction of sp³-hybridized carbons (Fsp3) is 0.118. The normalized spacial score (nSPS) is 10.2. The van der Waals surface area contributed by atoms with Crippen molar-refractivity contribution in [3.05, 3.63) is 55.4 Å². The molecule has 2 aromatic rings. The Morgan fingerprint density at radius 3 is 2.56 bits per heavy atom. The highest BCUT2D eigenvalue weighted by Gasteiger charge is 2.17. The number of carboxylic acid groups (broad SMARTS) is 1. The second-order valence-electron chi connectivity index (χ2n) is 5.10. The van der Waals surface area contributed by atoms with Gasteiger partial charge in [0.2, 0.25) is 0 Å². The number of aromatic carboxylic acids is 1. The molecule has 142 valence electrons. The van der Waals surface area contributed by atoms with Crippen molar-refractivity contribution < 1.29 is 19.4 Å². The number of rotatable bonds is 5. The van der Waals surface area contributed by atoms with Crippen LogP contribution < -0.4 is 15.4 Å². The van der Waals surface area contributed by atoms with Crippen molar-refractivity contribution in [1.29, 1.82) is 0 Å². The van der Waals surface area contributed by atoms with Crippen LogP contribution in [0.15, 0.2) is 39.3 Å². The third-order valence-electron chi connectivity index (χ3n) is 3.24. The van der Waals surface area contributed by atoms with Crippen molar-refractivity contribution in [3.8, 4) is 5.75 Å². The lowest BCUT2D eigenvalue weighted by atomic mass is 10.2. The third kappa shape index (κ3) is 5.65. The average Bonchev–Trinajstić information content (AvgIpc) is 2.58. The number of amides is 1. The Balaban J connectivity index is 2.16. The maximum absolute atomic E-state index is 12.4. The molecule has 0 aliphatic heterocycles. The van der Waals surface area contributed by atoms with E-state index in [-0.39, 0.29) is 21.9 Å². The molecule has 0 atom stereocenters. The molecule has 0 bridgehead atoms. The van der Waals surface area contributed by atoms with Gasteiger partial charge in [-0.25, -0.2) is 4.79 Å². The summed E-state index contributed by atoms with van der Waals surface area (Å²) in [6.45, 7) is 2.28. The fourth-order valence-electron chi connectivity index (χ4n) is 2.10. The van der Waals surface area contributed by atoms with Gasteiger partial charge in [-0.1, -0.05) is 27.5 Å². The van der Waals surface area contributed by atoms with Crippen LogP contribution in [0.2, 0.25) is 5.02 Å². The van der Waals surface area contributed by atoms with E-state index in [0.717, 1.165) is 0 Å². The quantitative estimate of drug-likeness (QED) is 0.462. The van der Waals surface area contributed by atoms with Crippen molar-refractivity contribution >= 4 is 78.4 Å². The van der Waals surface area contributed by atoms with Crippen molar-refractivity contribution in [2.45, 2.75) is 6.92 Å². The predicted octanol–water partition coefficient (Wildman–Crippen LogP) is 5.09. The summed E-state index contributed by atoms with van der Waals surface area (Å²) in [5.41, 5.74) is 0.485. The highest BCUT2D eigenvalue weighted by atomic mass is 79.9. The number of carboxylic acids is 1. The van der Waals surface area contributed by atoms with E-state index < -0.39 is 11.9 Å². The van der Waals surface area contributed by atoms with Gasteiger partial charge < -0.3 is 15.2 Å². The van der Waals surface area contributed by atoms with Crippen LogP contribution in [-0.4, -0.2) is 28.7 Å². The Labute approximate surface area is 182 Å². The molecule has 0 aliphatic rings. The molecule has 2 rings (SSSR count). The topological polar surface area (TPSA) is 87.7 Å². The van der Waals surface area contributed by atoms with Crippen LogP contribution in [0.25, 0.3) is 0 Å². The Kier molecular flexibility index (Phi) is 7.60. The first-order valence-electron chi connectivity index (χ1n) is 7.50. The minimum atomic E-state index is -1.15. The molecule has 27 heavy (non-hydrogen) atoms. The van der Waals surface area contributed by atoms with E-state index in [4.69, 9.17) is 28.6 Å². The summed E-state index contributed by atoms with van der Waals surface area (Å²) < 4.78 is 6.37. The molecule has 0 fully saturated rings. The van der Waals surface area contributed by atoms with Gasteiger partial charge in [0.25, 0.3) is 5.91 Å². The highest BCUT2D eigenvalue weighted by Crippen LogP contribution is 2.31. The zero-order valence-corrected chi connectivity index (χ0v) is 18.6. The lowest BCUT2D eigenvalue weighted by molar-refractivity contribution is 0.0697. The van der Waals surface area contributed by atoms with E-state index in [1.807, 2.05) is 6.92 Å². The molecule has 0 aliphatic carbocycles. The van der Waals surface area contributed by atoms with Crippen LogP contribution in [0.4, 0.5) is 5.69 Å². The van der Waals surface area contributed by atoms with Gasteiger partial charge >= 0.3 is 5.97 Å². The maximum atomic E-state index is 12.4. The summed E-state index contributed by atoms with van der Waals surface area (Å²) in [4.78, 5) is 23.8. The smallest absolute Gasteiger partial charge is 0.337 e. The lowest BCUT2D eigenvalue weighted by Gasteiger charge is -2.14. The van der Waals surface area contributed by atoms with Gasteiger partial charge in [-0.2, -0.15) is 0 Å². The van der Waals surface area contributed by atoms with Crippen LogP contribution in [0, 0.1) is 0 Å². The van der Waals surface area contributed by atoms with Crippen molar-refractivity contribution in [2.75, 3.05) is 11.9 Å². The number of nitrogens with one attached hydrogen (secondary N) is 2. The minimum absolute atomic E-state index is 0.0167. The molecule has 0 saturated carbocycles. The number of anilines is 1.